The van der Waals surface area contributed by atoms with Gasteiger partial charge in [-0.05, 0) is 13.0 Å². The van der Waals surface area contributed by atoms with Crippen LogP contribution in [0.1, 0.15) is 17.3 Å². The van der Waals surface area contributed by atoms with Gasteiger partial charge in [-0.2, -0.15) is 5.10 Å². The van der Waals surface area contributed by atoms with Crippen LogP contribution < -0.4 is 4.74 Å². The number of pyridine rings is 1. The topological polar surface area (TPSA) is 77.2 Å². The molecule has 6 nitrogen and oxygen atoms in total. The van der Waals surface area contributed by atoms with E-state index in [1.54, 1.807) is 17.1 Å². The van der Waals surface area contributed by atoms with E-state index in [4.69, 9.17) is 9.84 Å². The van der Waals surface area contributed by atoms with Gasteiger partial charge in [-0.1, -0.05) is 0 Å². The molecule has 0 spiro atoms. The Morgan fingerprint density at radius 2 is 2.24 bits per heavy atom. The van der Waals surface area contributed by atoms with Gasteiger partial charge in [-0.25, -0.2) is 4.79 Å². The van der Waals surface area contributed by atoms with Crippen molar-refractivity contribution in [3.63, 3.8) is 0 Å². The van der Waals surface area contributed by atoms with Crippen molar-refractivity contribution >= 4 is 5.97 Å². The Labute approximate surface area is 97.5 Å². The summed E-state index contributed by atoms with van der Waals surface area (Å²) in [6.45, 7) is 2.71. The smallest absolute Gasteiger partial charge is 0.337 e. The van der Waals surface area contributed by atoms with Crippen LogP contribution in [0.25, 0.3) is 0 Å². The van der Waals surface area contributed by atoms with Crippen LogP contribution in [0.15, 0.2) is 30.9 Å². The minimum absolute atomic E-state index is 0.0883. The number of carbonyl (C=O) groups is 1. The zero-order valence-corrected chi connectivity index (χ0v) is 9.20. The lowest BCUT2D eigenvalue weighted by Gasteiger charge is -2.02. The van der Waals surface area contributed by atoms with Gasteiger partial charge in [-0.15, -0.1) is 0 Å². The number of hydrogen-bond acceptors (Lipinski definition) is 4. The van der Waals surface area contributed by atoms with Crippen molar-refractivity contribution in [2.24, 2.45) is 0 Å². The van der Waals surface area contributed by atoms with E-state index < -0.39 is 5.97 Å². The van der Waals surface area contributed by atoms with Crippen LogP contribution >= 0.6 is 0 Å². The van der Waals surface area contributed by atoms with Crippen molar-refractivity contribution in [2.75, 3.05) is 0 Å². The van der Waals surface area contributed by atoms with Gasteiger partial charge in [0, 0.05) is 12.7 Å². The molecule has 88 valence electrons. The third-order valence-electron chi connectivity index (χ3n) is 2.13. The van der Waals surface area contributed by atoms with Gasteiger partial charge in [0.1, 0.15) is 5.75 Å². The maximum absolute atomic E-state index is 10.7. The van der Waals surface area contributed by atoms with Crippen LogP contribution in [0.4, 0.5) is 0 Å². The van der Waals surface area contributed by atoms with E-state index in [-0.39, 0.29) is 5.56 Å². The van der Waals surface area contributed by atoms with Crippen molar-refractivity contribution in [2.45, 2.75) is 13.5 Å². The molecule has 0 aliphatic carbocycles. The Balaban J connectivity index is 2.18. The summed E-state index contributed by atoms with van der Waals surface area (Å²) in [7, 11) is 0. The van der Waals surface area contributed by atoms with E-state index in [0.717, 1.165) is 6.54 Å². The summed E-state index contributed by atoms with van der Waals surface area (Å²) in [5.41, 5.74) is 0.0883. The molecule has 0 fully saturated rings. The number of aromatic carboxylic acids is 1. The molecule has 1 N–H and O–H groups in total. The van der Waals surface area contributed by atoms with Crippen LogP contribution in [0.3, 0.4) is 0 Å². The summed E-state index contributed by atoms with van der Waals surface area (Å²) in [5, 5.41) is 12.8. The first-order valence-electron chi connectivity index (χ1n) is 5.07. The molecule has 0 bridgehead atoms. The van der Waals surface area contributed by atoms with Crippen LogP contribution in [-0.4, -0.2) is 25.8 Å². The second-order valence-corrected chi connectivity index (χ2v) is 3.35. The minimum atomic E-state index is -1.03. The number of carboxylic acids is 1. The fourth-order valence-corrected chi connectivity index (χ4v) is 1.30. The van der Waals surface area contributed by atoms with Gasteiger partial charge in [0.2, 0.25) is 0 Å². The fraction of sp³-hybridized carbons (Fsp3) is 0.182. The molecule has 0 saturated heterocycles. The second-order valence-electron chi connectivity index (χ2n) is 3.35. The van der Waals surface area contributed by atoms with E-state index in [2.05, 4.69) is 10.1 Å². The van der Waals surface area contributed by atoms with E-state index in [1.165, 1.54) is 18.5 Å². The highest BCUT2D eigenvalue weighted by Crippen LogP contribution is 2.20. The number of carboxylic acid groups (broad SMARTS) is 1. The average Bonchev–Trinajstić information content (AvgIpc) is 2.77. The SMILES string of the molecule is CCn1cc(Oc2cncc(C(=O)O)c2)cn1. The second kappa shape index (κ2) is 4.65. The van der Waals surface area contributed by atoms with E-state index in [1.807, 2.05) is 6.92 Å². The Morgan fingerprint density at radius 3 is 2.88 bits per heavy atom. The minimum Gasteiger partial charge on any atom is -0.478 e. The summed E-state index contributed by atoms with van der Waals surface area (Å²) in [6.07, 6.45) is 6.02. The molecular weight excluding hydrogens is 222 g/mol. The largest absolute Gasteiger partial charge is 0.478 e. The number of nitrogens with zero attached hydrogens (tertiary/aromatic N) is 3. The molecule has 0 saturated carbocycles. The van der Waals surface area contributed by atoms with E-state index in [0.29, 0.717) is 11.5 Å². The molecule has 2 heterocycles. The predicted molar refractivity (Wildman–Crippen MR) is 59.2 cm³/mol. The first-order chi connectivity index (χ1) is 8.19. The van der Waals surface area contributed by atoms with Gasteiger partial charge in [0.05, 0.1) is 24.2 Å². The Hall–Kier alpha value is -2.37. The lowest BCUT2D eigenvalue weighted by Crippen LogP contribution is -1.97. The summed E-state index contributed by atoms with van der Waals surface area (Å²) < 4.78 is 7.15. The van der Waals surface area contributed by atoms with Crippen LogP contribution in [0.2, 0.25) is 0 Å². The van der Waals surface area contributed by atoms with Crippen molar-refractivity contribution in [1.82, 2.24) is 14.8 Å². The molecule has 2 aromatic heterocycles. The van der Waals surface area contributed by atoms with Gasteiger partial charge in [0.15, 0.2) is 5.75 Å². The Morgan fingerprint density at radius 1 is 1.41 bits per heavy atom. The number of aromatic nitrogens is 3. The highest BCUT2D eigenvalue weighted by Gasteiger charge is 2.06. The Kier molecular flexibility index (Phi) is 3.04. The number of hydrogen-bond donors (Lipinski definition) is 1. The van der Waals surface area contributed by atoms with Crippen LogP contribution in [0, 0.1) is 0 Å². The molecular formula is C11H11N3O3. The molecule has 0 radical (unpaired) electrons. The summed E-state index contributed by atoms with van der Waals surface area (Å²) in [4.78, 5) is 14.5. The van der Waals surface area contributed by atoms with Crippen LogP contribution in [0.5, 0.6) is 11.5 Å². The number of ether oxygens (including phenoxy) is 1. The maximum atomic E-state index is 10.7. The van der Waals surface area contributed by atoms with E-state index >= 15 is 0 Å². The molecule has 0 amide bonds. The molecule has 0 aromatic carbocycles. The number of rotatable bonds is 4. The summed E-state index contributed by atoms with van der Waals surface area (Å²) >= 11 is 0. The van der Waals surface area contributed by atoms with Gasteiger partial charge >= 0.3 is 5.97 Å². The Bertz CT molecular complexity index is 536. The summed E-state index contributed by atoms with van der Waals surface area (Å²) in [5.74, 6) is -0.107. The van der Waals surface area contributed by atoms with Crippen LogP contribution in [-0.2, 0) is 6.54 Å². The third kappa shape index (κ3) is 2.60. The molecule has 0 aliphatic rings. The number of aryl methyl sites for hydroxylation is 1. The first-order valence-corrected chi connectivity index (χ1v) is 5.07. The van der Waals surface area contributed by atoms with Crippen molar-refractivity contribution in [1.29, 1.82) is 0 Å². The zero-order chi connectivity index (χ0) is 12.3. The van der Waals surface area contributed by atoms with Gasteiger partial charge in [-0.3, -0.25) is 9.67 Å². The standard InChI is InChI=1S/C11H11N3O3/c1-2-14-7-10(6-13-14)17-9-3-8(11(15)16)4-12-5-9/h3-7H,2H2,1H3,(H,15,16). The molecule has 2 rings (SSSR count). The van der Waals surface area contributed by atoms with E-state index in [9.17, 15) is 4.79 Å². The molecule has 0 atom stereocenters. The first kappa shape index (κ1) is 11.1. The predicted octanol–water partition coefficient (Wildman–Crippen LogP) is 1.79. The third-order valence-corrected chi connectivity index (χ3v) is 2.13. The molecule has 0 aliphatic heterocycles. The highest BCUT2D eigenvalue weighted by molar-refractivity contribution is 5.87. The van der Waals surface area contributed by atoms with Crippen molar-refractivity contribution in [3.05, 3.63) is 36.4 Å². The zero-order valence-electron chi connectivity index (χ0n) is 9.20. The molecule has 6 heteroatoms. The highest BCUT2D eigenvalue weighted by atomic mass is 16.5. The molecule has 0 unspecified atom stereocenters. The molecule has 17 heavy (non-hydrogen) atoms. The average molecular weight is 233 g/mol. The maximum Gasteiger partial charge on any atom is 0.337 e. The lowest BCUT2D eigenvalue weighted by molar-refractivity contribution is 0.0696. The monoisotopic (exact) mass is 233 g/mol. The normalized spacial score (nSPS) is 10.2. The van der Waals surface area contributed by atoms with Crippen molar-refractivity contribution in [3.8, 4) is 11.5 Å². The quantitative estimate of drug-likeness (QED) is 0.871. The van der Waals surface area contributed by atoms with Crippen molar-refractivity contribution < 1.29 is 14.6 Å². The van der Waals surface area contributed by atoms with Gasteiger partial charge in [0.25, 0.3) is 0 Å². The fourth-order valence-electron chi connectivity index (χ4n) is 1.30. The lowest BCUT2D eigenvalue weighted by atomic mass is 10.3. The molecule has 2 aromatic rings. The summed E-state index contributed by atoms with van der Waals surface area (Å²) in [6, 6.07) is 1.42. The van der Waals surface area contributed by atoms with Gasteiger partial charge < -0.3 is 9.84 Å².